The Morgan fingerprint density at radius 1 is 1.05 bits per heavy atom. The third kappa shape index (κ3) is 5.91. The Kier molecular flexibility index (Phi) is 7.50. The molecule has 0 fully saturated rings. The number of anilines is 1. The fourth-order valence-electron chi connectivity index (χ4n) is 4.09. The van der Waals surface area contributed by atoms with E-state index in [1.54, 1.807) is 30.3 Å². The number of carbonyl (C=O) groups is 1. The average molecular weight is 523 g/mol. The molecule has 1 N–H and O–H groups in total. The minimum absolute atomic E-state index is 0.138. The highest BCUT2D eigenvalue weighted by Gasteiger charge is 2.38. The average Bonchev–Trinajstić information content (AvgIpc) is 2.86. The number of sulfonamides is 1. The maximum atomic E-state index is 13.8. The smallest absolute Gasteiger partial charge is 0.264 e. The zero-order chi connectivity index (χ0) is 26.8. The van der Waals surface area contributed by atoms with Gasteiger partial charge >= 0.3 is 0 Å². The van der Waals surface area contributed by atoms with E-state index in [1.807, 2.05) is 50.2 Å². The van der Waals surface area contributed by atoms with E-state index in [9.17, 15) is 13.2 Å². The molecule has 37 heavy (non-hydrogen) atoms. The molecule has 1 atom stereocenters. The molecular formula is C29H34N2O5S. The van der Waals surface area contributed by atoms with E-state index < -0.39 is 22.0 Å². The summed E-state index contributed by atoms with van der Waals surface area (Å²) in [6.45, 7) is 10.4. The molecule has 0 saturated carbocycles. The lowest BCUT2D eigenvalue weighted by atomic mass is 9.86. The lowest BCUT2D eigenvalue weighted by molar-refractivity contribution is -0.127. The SMILES string of the molecule is Cc1ccc(S(=O)(=O)N2C[C@@H](C(=O)NCCOc3ccccc3C)Oc3ccc(C(C)(C)C)cc32)cc1. The highest BCUT2D eigenvalue weighted by atomic mass is 32.2. The van der Waals surface area contributed by atoms with Gasteiger partial charge in [0.1, 0.15) is 18.1 Å². The predicted octanol–water partition coefficient (Wildman–Crippen LogP) is 4.75. The van der Waals surface area contributed by atoms with Crippen molar-refractivity contribution in [1.29, 1.82) is 0 Å². The molecule has 3 aromatic carbocycles. The van der Waals surface area contributed by atoms with Crippen molar-refractivity contribution in [2.45, 2.75) is 51.0 Å². The number of fused-ring (bicyclic) bond motifs is 1. The number of para-hydroxylation sites is 1. The monoisotopic (exact) mass is 522 g/mol. The molecule has 1 aliphatic heterocycles. The molecular weight excluding hydrogens is 488 g/mol. The zero-order valence-corrected chi connectivity index (χ0v) is 22.8. The number of benzene rings is 3. The summed E-state index contributed by atoms with van der Waals surface area (Å²) in [5.74, 6) is 0.707. The van der Waals surface area contributed by atoms with E-state index in [1.165, 1.54) is 4.31 Å². The minimum atomic E-state index is -3.94. The van der Waals surface area contributed by atoms with Crippen LogP contribution in [0.3, 0.4) is 0 Å². The number of nitrogens with one attached hydrogen (secondary N) is 1. The number of carbonyl (C=O) groups excluding carboxylic acids is 1. The molecule has 0 unspecified atom stereocenters. The van der Waals surface area contributed by atoms with Crippen LogP contribution in [-0.2, 0) is 20.2 Å². The van der Waals surface area contributed by atoms with Crippen LogP contribution < -0.4 is 19.1 Å². The molecule has 0 aromatic heterocycles. The number of amides is 1. The zero-order valence-electron chi connectivity index (χ0n) is 21.9. The van der Waals surface area contributed by atoms with Crippen LogP contribution in [0.15, 0.2) is 71.6 Å². The second kappa shape index (κ2) is 10.5. The van der Waals surface area contributed by atoms with Crippen molar-refractivity contribution in [2.24, 2.45) is 0 Å². The van der Waals surface area contributed by atoms with Gasteiger partial charge in [-0.3, -0.25) is 9.10 Å². The van der Waals surface area contributed by atoms with Crippen molar-refractivity contribution in [3.05, 3.63) is 83.4 Å². The molecule has 0 bridgehead atoms. The van der Waals surface area contributed by atoms with Gasteiger partial charge in [-0.05, 0) is 60.7 Å². The number of rotatable bonds is 7. The summed E-state index contributed by atoms with van der Waals surface area (Å²) >= 11 is 0. The summed E-state index contributed by atoms with van der Waals surface area (Å²) in [6, 6.07) is 19.8. The maximum absolute atomic E-state index is 13.8. The summed E-state index contributed by atoms with van der Waals surface area (Å²) < 4.78 is 40.6. The Morgan fingerprint density at radius 3 is 2.43 bits per heavy atom. The lowest BCUT2D eigenvalue weighted by Crippen LogP contribution is -2.51. The summed E-state index contributed by atoms with van der Waals surface area (Å²) in [7, 11) is -3.94. The van der Waals surface area contributed by atoms with Crippen molar-refractivity contribution in [3.63, 3.8) is 0 Å². The molecule has 0 spiro atoms. The van der Waals surface area contributed by atoms with Crippen LogP contribution in [0.5, 0.6) is 11.5 Å². The number of ether oxygens (including phenoxy) is 2. The second-order valence-electron chi connectivity index (χ2n) is 10.3. The van der Waals surface area contributed by atoms with Crippen LogP contribution in [0.1, 0.15) is 37.5 Å². The normalized spacial score (nSPS) is 15.5. The fraction of sp³-hybridized carbons (Fsp3) is 0.345. The van der Waals surface area contributed by atoms with E-state index in [-0.39, 0.29) is 30.0 Å². The van der Waals surface area contributed by atoms with Crippen molar-refractivity contribution in [3.8, 4) is 11.5 Å². The number of hydrogen-bond donors (Lipinski definition) is 1. The largest absolute Gasteiger partial charge is 0.491 e. The summed E-state index contributed by atoms with van der Waals surface area (Å²) in [4.78, 5) is 13.2. The maximum Gasteiger partial charge on any atom is 0.264 e. The summed E-state index contributed by atoms with van der Waals surface area (Å²) in [5, 5.41) is 2.82. The highest BCUT2D eigenvalue weighted by Crippen LogP contribution is 2.40. The van der Waals surface area contributed by atoms with Gasteiger partial charge in [0, 0.05) is 0 Å². The van der Waals surface area contributed by atoms with Crippen molar-refractivity contribution in [2.75, 3.05) is 24.0 Å². The van der Waals surface area contributed by atoms with Gasteiger partial charge in [-0.15, -0.1) is 0 Å². The topological polar surface area (TPSA) is 84.9 Å². The first-order chi connectivity index (χ1) is 17.5. The number of hydrogen-bond acceptors (Lipinski definition) is 5. The second-order valence-corrected chi connectivity index (χ2v) is 12.2. The van der Waals surface area contributed by atoms with Gasteiger partial charge in [0.05, 0.1) is 23.7 Å². The van der Waals surface area contributed by atoms with E-state index in [4.69, 9.17) is 9.47 Å². The molecule has 8 heteroatoms. The Hall–Kier alpha value is -3.52. The van der Waals surface area contributed by atoms with Gasteiger partial charge in [-0.25, -0.2) is 8.42 Å². The molecule has 0 radical (unpaired) electrons. The Bertz CT molecular complexity index is 1380. The van der Waals surface area contributed by atoms with Crippen LogP contribution in [0.2, 0.25) is 0 Å². The van der Waals surface area contributed by atoms with Crippen LogP contribution in [0.25, 0.3) is 0 Å². The first kappa shape index (κ1) is 26.5. The molecule has 196 valence electrons. The number of aryl methyl sites for hydroxylation is 2. The Morgan fingerprint density at radius 2 is 1.76 bits per heavy atom. The van der Waals surface area contributed by atoms with Crippen molar-refractivity contribution < 1.29 is 22.7 Å². The van der Waals surface area contributed by atoms with E-state index in [0.717, 1.165) is 22.4 Å². The molecule has 1 aliphatic rings. The third-order valence-corrected chi connectivity index (χ3v) is 8.14. The predicted molar refractivity (Wildman–Crippen MR) is 145 cm³/mol. The molecule has 4 rings (SSSR count). The van der Waals surface area contributed by atoms with Crippen LogP contribution in [-0.4, -0.2) is 40.1 Å². The Labute approximate surface area is 219 Å². The van der Waals surface area contributed by atoms with Crippen LogP contribution >= 0.6 is 0 Å². The van der Waals surface area contributed by atoms with Crippen LogP contribution in [0.4, 0.5) is 5.69 Å². The molecule has 1 heterocycles. The third-order valence-electron chi connectivity index (χ3n) is 6.35. The first-order valence-electron chi connectivity index (χ1n) is 12.3. The Balaban J connectivity index is 1.56. The van der Waals surface area contributed by atoms with Gasteiger partial charge in [-0.1, -0.05) is 62.7 Å². The van der Waals surface area contributed by atoms with E-state index in [2.05, 4.69) is 26.1 Å². The van der Waals surface area contributed by atoms with Gasteiger partial charge in [0.25, 0.3) is 15.9 Å². The quantitative estimate of drug-likeness (QED) is 0.453. The van der Waals surface area contributed by atoms with Crippen molar-refractivity contribution in [1.82, 2.24) is 5.32 Å². The van der Waals surface area contributed by atoms with Gasteiger partial charge in [0.15, 0.2) is 6.10 Å². The summed E-state index contributed by atoms with van der Waals surface area (Å²) in [6.07, 6.45) is -1.01. The first-order valence-corrected chi connectivity index (χ1v) is 13.8. The van der Waals surface area contributed by atoms with Gasteiger partial charge < -0.3 is 14.8 Å². The molecule has 0 aliphatic carbocycles. The van der Waals surface area contributed by atoms with Crippen molar-refractivity contribution >= 4 is 21.6 Å². The number of nitrogens with zero attached hydrogens (tertiary/aromatic N) is 1. The molecule has 7 nitrogen and oxygen atoms in total. The van der Waals surface area contributed by atoms with E-state index >= 15 is 0 Å². The van der Waals surface area contributed by atoms with Gasteiger partial charge in [-0.2, -0.15) is 0 Å². The minimum Gasteiger partial charge on any atom is -0.491 e. The fourth-order valence-corrected chi connectivity index (χ4v) is 5.55. The molecule has 3 aromatic rings. The van der Waals surface area contributed by atoms with Gasteiger partial charge in [0.2, 0.25) is 0 Å². The molecule has 1 amide bonds. The van der Waals surface area contributed by atoms with E-state index in [0.29, 0.717) is 11.4 Å². The van der Waals surface area contributed by atoms with Crippen LogP contribution in [0, 0.1) is 13.8 Å². The summed E-state index contributed by atoms with van der Waals surface area (Å²) in [5.41, 5.74) is 3.17. The highest BCUT2D eigenvalue weighted by molar-refractivity contribution is 7.92. The lowest BCUT2D eigenvalue weighted by Gasteiger charge is -2.36. The molecule has 0 saturated heterocycles. The standard InChI is InChI=1S/C29H34N2O5S/c1-20-10-13-23(14-11-20)37(33,34)31-19-27(36-26-15-12-22(18-24(26)31)29(3,4)5)28(32)30-16-17-35-25-9-7-6-8-21(25)2/h6-15,18,27H,16-17,19H2,1-5H3,(H,30,32)/t27-/m0/s1.